The standard InChI is InChI=1S/C12H18N6/c1-10-9-15-12(13-2)17-11(10)14-5-3-7-18-8-4-6-16-18/h4,6,8-9H,3,5,7H2,1-2H3,(H2,13,14,15,17). The fourth-order valence-electron chi connectivity index (χ4n) is 1.62. The Morgan fingerprint density at radius 1 is 1.39 bits per heavy atom. The molecule has 0 fully saturated rings. The number of nitrogens with one attached hydrogen (secondary N) is 2. The van der Waals surface area contributed by atoms with Crippen molar-refractivity contribution in [1.29, 1.82) is 0 Å². The summed E-state index contributed by atoms with van der Waals surface area (Å²) >= 11 is 0. The minimum Gasteiger partial charge on any atom is -0.370 e. The van der Waals surface area contributed by atoms with Gasteiger partial charge in [0, 0.05) is 44.3 Å². The minimum atomic E-state index is 0.634. The second-order valence-corrected chi connectivity index (χ2v) is 4.02. The predicted octanol–water partition coefficient (Wildman–Crippen LogP) is 1.53. The van der Waals surface area contributed by atoms with Crippen LogP contribution in [-0.4, -0.2) is 33.3 Å². The number of anilines is 2. The number of aromatic nitrogens is 4. The fourth-order valence-corrected chi connectivity index (χ4v) is 1.62. The normalized spacial score (nSPS) is 10.3. The molecule has 2 aromatic rings. The molecule has 0 aliphatic carbocycles. The Morgan fingerprint density at radius 2 is 2.28 bits per heavy atom. The topological polar surface area (TPSA) is 67.7 Å². The summed E-state index contributed by atoms with van der Waals surface area (Å²) in [6, 6.07) is 1.93. The van der Waals surface area contributed by atoms with Gasteiger partial charge in [0.05, 0.1) is 0 Å². The molecule has 6 heteroatoms. The van der Waals surface area contributed by atoms with Crippen LogP contribution in [0.15, 0.2) is 24.7 Å². The Kier molecular flexibility index (Phi) is 4.11. The highest BCUT2D eigenvalue weighted by Gasteiger charge is 2.01. The van der Waals surface area contributed by atoms with Crippen molar-refractivity contribution in [2.75, 3.05) is 24.2 Å². The van der Waals surface area contributed by atoms with E-state index in [9.17, 15) is 0 Å². The van der Waals surface area contributed by atoms with Gasteiger partial charge in [-0.25, -0.2) is 4.98 Å². The molecule has 0 aliphatic rings. The van der Waals surface area contributed by atoms with Crippen LogP contribution >= 0.6 is 0 Å². The van der Waals surface area contributed by atoms with Gasteiger partial charge < -0.3 is 10.6 Å². The molecule has 0 radical (unpaired) electrons. The monoisotopic (exact) mass is 246 g/mol. The molecular formula is C12H18N6. The molecule has 6 nitrogen and oxygen atoms in total. The summed E-state index contributed by atoms with van der Waals surface area (Å²) in [5, 5.41) is 10.4. The summed E-state index contributed by atoms with van der Waals surface area (Å²) in [7, 11) is 1.81. The van der Waals surface area contributed by atoms with Crippen molar-refractivity contribution in [1.82, 2.24) is 19.7 Å². The summed E-state index contributed by atoms with van der Waals surface area (Å²) < 4.78 is 1.92. The molecule has 0 amide bonds. The van der Waals surface area contributed by atoms with Gasteiger partial charge in [-0.2, -0.15) is 10.1 Å². The van der Waals surface area contributed by atoms with Gasteiger partial charge in [0.25, 0.3) is 0 Å². The second kappa shape index (κ2) is 6.00. The molecule has 2 heterocycles. The van der Waals surface area contributed by atoms with Crippen LogP contribution in [0.4, 0.5) is 11.8 Å². The first-order valence-electron chi connectivity index (χ1n) is 6.02. The maximum absolute atomic E-state index is 4.37. The molecule has 0 spiro atoms. The van der Waals surface area contributed by atoms with Gasteiger partial charge in [-0.3, -0.25) is 4.68 Å². The predicted molar refractivity (Wildman–Crippen MR) is 71.6 cm³/mol. The summed E-state index contributed by atoms with van der Waals surface area (Å²) in [6.07, 6.45) is 6.57. The van der Waals surface area contributed by atoms with E-state index in [1.165, 1.54) is 0 Å². The Hall–Kier alpha value is -2.11. The Labute approximate surface area is 106 Å². The van der Waals surface area contributed by atoms with Gasteiger partial charge in [-0.15, -0.1) is 0 Å². The van der Waals surface area contributed by atoms with Crippen LogP contribution in [0.1, 0.15) is 12.0 Å². The zero-order chi connectivity index (χ0) is 12.8. The molecule has 0 aliphatic heterocycles. The average molecular weight is 246 g/mol. The van der Waals surface area contributed by atoms with E-state index in [2.05, 4.69) is 25.7 Å². The molecular weight excluding hydrogens is 228 g/mol. The van der Waals surface area contributed by atoms with Gasteiger partial charge in [-0.05, 0) is 19.4 Å². The van der Waals surface area contributed by atoms with E-state index >= 15 is 0 Å². The van der Waals surface area contributed by atoms with Crippen LogP contribution in [0.2, 0.25) is 0 Å². The van der Waals surface area contributed by atoms with E-state index in [4.69, 9.17) is 0 Å². The third-order valence-electron chi connectivity index (χ3n) is 2.61. The van der Waals surface area contributed by atoms with Crippen molar-refractivity contribution in [2.24, 2.45) is 0 Å². The Balaban J connectivity index is 1.82. The van der Waals surface area contributed by atoms with Gasteiger partial charge >= 0.3 is 0 Å². The minimum absolute atomic E-state index is 0.634. The third-order valence-corrected chi connectivity index (χ3v) is 2.61. The highest BCUT2D eigenvalue weighted by molar-refractivity contribution is 5.46. The summed E-state index contributed by atoms with van der Waals surface area (Å²) in [6.45, 7) is 3.76. The van der Waals surface area contributed by atoms with E-state index in [-0.39, 0.29) is 0 Å². The molecule has 0 atom stereocenters. The van der Waals surface area contributed by atoms with Crippen LogP contribution < -0.4 is 10.6 Å². The highest BCUT2D eigenvalue weighted by Crippen LogP contribution is 2.11. The first kappa shape index (κ1) is 12.3. The quantitative estimate of drug-likeness (QED) is 0.756. The molecule has 2 aromatic heterocycles. The van der Waals surface area contributed by atoms with Crippen LogP contribution in [-0.2, 0) is 6.54 Å². The first-order valence-corrected chi connectivity index (χ1v) is 6.02. The molecule has 2 N–H and O–H groups in total. The van der Waals surface area contributed by atoms with E-state index < -0.39 is 0 Å². The summed E-state index contributed by atoms with van der Waals surface area (Å²) in [5.74, 6) is 1.52. The van der Waals surface area contributed by atoms with E-state index in [1.54, 1.807) is 6.20 Å². The number of hydrogen-bond donors (Lipinski definition) is 2. The lowest BCUT2D eigenvalue weighted by Crippen LogP contribution is -2.10. The van der Waals surface area contributed by atoms with Crippen molar-refractivity contribution < 1.29 is 0 Å². The Morgan fingerprint density at radius 3 is 3.00 bits per heavy atom. The van der Waals surface area contributed by atoms with Crippen molar-refractivity contribution in [2.45, 2.75) is 19.9 Å². The van der Waals surface area contributed by atoms with Crippen molar-refractivity contribution >= 4 is 11.8 Å². The molecule has 0 saturated heterocycles. The smallest absolute Gasteiger partial charge is 0.224 e. The number of nitrogens with zero attached hydrogens (tertiary/aromatic N) is 4. The van der Waals surface area contributed by atoms with Crippen LogP contribution in [0.3, 0.4) is 0 Å². The molecule has 18 heavy (non-hydrogen) atoms. The van der Waals surface area contributed by atoms with Gasteiger partial charge in [0.2, 0.25) is 5.95 Å². The summed E-state index contributed by atoms with van der Waals surface area (Å²) in [5.41, 5.74) is 1.05. The van der Waals surface area contributed by atoms with Crippen LogP contribution in [0.25, 0.3) is 0 Å². The first-order chi connectivity index (χ1) is 8.79. The van der Waals surface area contributed by atoms with E-state index in [0.29, 0.717) is 5.95 Å². The molecule has 0 unspecified atom stereocenters. The third kappa shape index (κ3) is 3.19. The molecule has 0 bridgehead atoms. The largest absolute Gasteiger partial charge is 0.370 e. The SMILES string of the molecule is CNc1ncc(C)c(NCCCn2cccn2)n1. The van der Waals surface area contributed by atoms with E-state index in [1.807, 2.05) is 37.1 Å². The second-order valence-electron chi connectivity index (χ2n) is 4.02. The van der Waals surface area contributed by atoms with Crippen molar-refractivity contribution in [3.8, 4) is 0 Å². The highest BCUT2D eigenvalue weighted by atomic mass is 15.3. The molecule has 0 saturated carbocycles. The average Bonchev–Trinajstić information content (AvgIpc) is 2.89. The fraction of sp³-hybridized carbons (Fsp3) is 0.417. The van der Waals surface area contributed by atoms with Crippen LogP contribution in [0.5, 0.6) is 0 Å². The van der Waals surface area contributed by atoms with E-state index in [0.717, 1.165) is 30.9 Å². The number of rotatable bonds is 6. The zero-order valence-electron chi connectivity index (χ0n) is 10.7. The lowest BCUT2D eigenvalue weighted by atomic mass is 10.3. The van der Waals surface area contributed by atoms with Gasteiger partial charge in [0.1, 0.15) is 5.82 Å². The maximum atomic E-state index is 4.37. The lowest BCUT2D eigenvalue weighted by molar-refractivity contribution is 0.591. The number of hydrogen-bond acceptors (Lipinski definition) is 5. The molecule has 2 rings (SSSR count). The van der Waals surface area contributed by atoms with Crippen molar-refractivity contribution in [3.05, 3.63) is 30.2 Å². The van der Waals surface area contributed by atoms with Gasteiger partial charge in [0.15, 0.2) is 0 Å². The summed E-state index contributed by atoms with van der Waals surface area (Å²) in [4.78, 5) is 8.52. The Bertz CT molecular complexity index is 479. The van der Waals surface area contributed by atoms with Crippen LogP contribution in [0, 0.1) is 6.92 Å². The van der Waals surface area contributed by atoms with Crippen molar-refractivity contribution in [3.63, 3.8) is 0 Å². The number of aryl methyl sites for hydroxylation is 2. The zero-order valence-corrected chi connectivity index (χ0v) is 10.7. The van der Waals surface area contributed by atoms with Gasteiger partial charge in [-0.1, -0.05) is 0 Å². The molecule has 96 valence electrons. The lowest BCUT2D eigenvalue weighted by Gasteiger charge is -2.09. The maximum Gasteiger partial charge on any atom is 0.224 e. The molecule has 0 aromatic carbocycles.